The first-order valence-electron chi connectivity index (χ1n) is 6.89. The lowest BCUT2D eigenvalue weighted by Gasteiger charge is -2.10. The molecule has 1 heterocycles. The molecule has 2 N–H and O–H groups in total. The van der Waals surface area contributed by atoms with E-state index < -0.39 is 6.04 Å². The van der Waals surface area contributed by atoms with Crippen molar-refractivity contribution in [3.8, 4) is 6.07 Å². The largest absolute Gasteiger partial charge is 0.354 e. The number of aromatic nitrogens is 1. The topological polar surface area (TPSA) is 85.8 Å². The first-order valence-corrected chi connectivity index (χ1v) is 6.89. The van der Waals surface area contributed by atoms with Gasteiger partial charge in [0.25, 0.3) is 5.91 Å². The van der Waals surface area contributed by atoms with Crippen LogP contribution in [0.3, 0.4) is 0 Å². The first kappa shape index (κ1) is 16.0. The molecule has 0 aliphatic heterocycles. The van der Waals surface area contributed by atoms with Gasteiger partial charge in [0.2, 0.25) is 0 Å². The number of hydrogen-bond donors (Lipinski definition) is 2. The van der Waals surface area contributed by atoms with Crippen LogP contribution >= 0.6 is 0 Å². The Bertz CT molecular complexity index is 552. The third-order valence-corrected chi connectivity index (χ3v) is 3.26. The molecule has 0 radical (unpaired) electrons. The number of H-pyrrole nitrogens is 1. The van der Waals surface area contributed by atoms with Gasteiger partial charge in [-0.05, 0) is 32.3 Å². The summed E-state index contributed by atoms with van der Waals surface area (Å²) in [5, 5.41) is 11.7. The van der Waals surface area contributed by atoms with Gasteiger partial charge in [-0.3, -0.25) is 9.59 Å². The Labute approximate surface area is 119 Å². The van der Waals surface area contributed by atoms with Crippen molar-refractivity contribution in [2.75, 3.05) is 0 Å². The van der Waals surface area contributed by atoms with Crippen LogP contribution in [0.5, 0.6) is 0 Å². The molecule has 0 bridgehead atoms. The summed E-state index contributed by atoms with van der Waals surface area (Å²) in [6, 6.07) is 1.57. The number of aryl methyl sites for hydroxylation is 1. The molecule has 1 amide bonds. The number of amides is 1. The fraction of sp³-hybridized carbons (Fsp3) is 0.533. The molecule has 0 aliphatic carbocycles. The Morgan fingerprint density at radius 1 is 1.40 bits per heavy atom. The fourth-order valence-electron chi connectivity index (χ4n) is 2.39. The van der Waals surface area contributed by atoms with Crippen LogP contribution in [0.2, 0.25) is 0 Å². The first-order chi connectivity index (χ1) is 9.46. The van der Waals surface area contributed by atoms with E-state index in [1.54, 1.807) is 6.92 Å². The van der Waals surface area contributed by atoms with Gasteiger partial charge >= 0.3 is 0 Å². The molecular formula is C15H21N3O2. The van der Waals surface area contributed by atoms with Crippen LogP contribution in [0.25, 0.3) is 0 Å². The van der Waals surface area contributed by atoms with Gasteiger partial charge < -0.3 is 10.3 Å². The highest BCUT2D eigenvalue weighted by Gasteiger charge is 2.22. The summed E-state index contributed by atoms with van der Waals surface area (Å²) >= 11 is 0. The Hall–Kier alpha value is -2.09. The van der Waals surface area contributed by atoms with Gasteiger partial charge in [-0.1, -0.05) is 20.3 Å². The summed E-state index contributed by atoms with van der Waals surface area (Å²) in [4.78, 5) is 26.9. The van der Waals surface area contributed by atoms with Crippen LogP contribution in [0, 0.1) is 18.3 Å². The van der Waals surface area contributed by atoms with Crippen molar-refractivity contribution in [1.29, 1.82) is 5.26 Å². The average Bonchev–Trinajstić information content (AvgIpc) is 2.74. The van der Waals surface area contributed by atoms with Crippen LogP contribution < -0.4 is 5.32 Å². The minimum atomic E-state index is -0.499. The molecule has 1 rings (SSSR count). The van der Waals surface area contributed by atoms with Crippen LogP contribution in [0.4, 0.5) is 0 Å². The summed E-state index contributed by atoms with van der Waals surface area (Å²) in [5.41, 5.74) is 2.40. The van der Waals surface area contributed by atoms with Gasteiger partial charge in [0.1, 0.15) is 11.7 Å². The summed E-state index contributed by atoms with van der Waals surface area (Å²) in [5.74, 6) is -0.377. The van der Waals surface area contributed by atoms with Crippen LogP contribution in [0.1, 0.15) is 65.7 Å². The van der Waals surface area contributed by atoms with Gasteiger partial charge in [0.05, 0.1) is 6.07 Å². The predicted molar refractivity (Wildman–Crippen MR) is 76.7 cm³/mol. The maximum Gasteiger partial charge on any atom is 0.269 e. The van der Waals surface area contributed by atoms with E-state index in [4.69, 9.17) is 5.26 Å². The van der Waals surface area contributed by atoms with Crippen molar-refractivity contribution in [2.24, 2.45) is 0 Å². The van der Waals surface area contributed by atoms with Crippen molar-refractivity contribution in [3.63, 3.8) is 0 Å². The molecule has 0 aromatic carbocycles. The highest BCUT2D eigenvalue weighted by Crippen LogP contribution is 2.20. The number of carbonyl (C=O) groups excluding carboxylic acids is 2. The molecule has 0 saturated carbocycles. The summed E-state index contributed by atoms with van der Waals surface area (Å²) in [6.45, 7) is 7.13. The van der Waals surface area contributed by atoms with Crippen LogP contribution in [-0.2, 0) is 6.42 Å². The molecule has 1 aromatic heterocycles. The van der Waals surface area contributed by atoms with Crippen molar-refractivity contribution < 1.29 is 9.59 Å². The zero-order chi connectivity index (χ0) is 15.3. The zero-order valence-electron chi connectivity index (χ0n) is 12.5. The third-order valence-electron chi connectivity index (χ3n) is 3.26. The number of nitrogens with zero attached hydrogens (tertiary/aromatic N) is 1. The molecule has 5 nitrogen and oxygen atoms in total. The van der Waals surface area contributed by atoms with E-state index in [9.17, 15) is 9.59 Å². The minimum Gasteiger partial charge on any atom is -0.354 e. The number of nitriles is 1. The minimum absolute atomic E-state index is 0.0555. The van der Waals surface area contributed by atoms with Crippen molar-refractivity contribution in [2.45, 2.75) is 53.0 Å². The molecule has 1 atom stereocenters. The highest BCUT2D eigenvalue weighted by molar-refractivity contribution is 6.02. The molecule has 0 saturated heterocycles. The molecular weight excluding hydrogens is 254 g/mol. The van der Waals surface area contributed by atoms with Gasteiger partial charge in [-0.2, -0.15) is 5.26 Å². The van der Waals surface area contributed by atoms with E-state index in [0.29, 0.717) is 29.8 Å². The maximum atomic E-state index is 12.3. The average molecular weight is 275 g/mol. The van der Waals surface area contributed by atoms with E-state index in [-0.39, 0.29) is 11.7 Å². The molecule has 1 aromatic rings. The third kappa shape index (κ3) is 3.27. The van der Waals surface area contributed by atoms with E-state index >= 15 is 0 Å². The van der Waals surface area contributed by atoms with Gasteiger partial charge in [-0.25, -0.2) is 0 Å². The molecule has 108 valence electrons. The Morgan fingerprint density at radius 2 is 2.05 bits per heavy atom. The van der Waals surface area contributed by atoms with Crippen LogP contribution in [0.15, 0.2) is 0 Å². The van der Waals surface area contributed by atoms with Gasteiger partial charge in [-0.15, -0.1) is 0 Å². The molecule has 0 aliphatic rings. The lowest BCUT2D eigenvalue weighted by atomic mass is 10.0. The summed E-state index contributed by atoms with van der Waals surface area (Å²) in [7, 11) is 0. The quantitative estimate of drug-likeness (QED) is 0.782. The fourth-order valence-corrected chi connectivity index (χ4v) is 2.39. The lowest BCUT2D eigenvalue weighted by Crippen LogP contribution is -2.34. The number of aromatic amines is 1. The molecule has 0 unspecified atom stereocenters. The molecule has 0 fully saturated rings. The number of Topliss-reactive ketones (excluding diaryl/α,β-unsaturated/α-hetero) is 1. The Morgan fingerprint density at radius 3 is 2.50 bits per heavy atom. The Balaban J connectivity index is 3.08. The smallest absolute Gasteiger partial charge is 0.269 e. The van der Waals surface area contributed by atoms with Crippen molar-refractivity contribution in [3.05, 3.63) is 22.5 Å². The molecule has 20 heavy (non-hydrogen) atoms. The standard InChI is InChI=1S/C15H21N3O2/c1-5-7-11(8-16)18-15(20)14-12(6-2)13(10(4)19)9(3)17-14/h11,17H,5-7H2,1-4H3,(H,18,20)/t11-/m1/s1. The Kier molecular flexibility index (Phi) is 5.51. The van der Waals surface area contributed by atoms with Gasteiger partial charge in [0, 0.05) is 11.3 Å². The molecule has 5 heteroatoms. The second kappa shape index (κ2) is 6.90. The highest BCUT2D eigenvalue weighted by atomic mass is 16.2. The maximum absolute atomic E-state index is 12.3. The number of hydrogen-bond acceptors (Lipinski definition) is 3. The van der Waals surface area contributed by atoms with Crippen molar-refractivity contribution >= 4 is 11.7 Å². The number of ketones is 1. The van der Waals surface area contributed by atoms with E-state index in [0.717, 1.165) is 12.0 Å². The monoisotopic (exact) mass is 275 g/mol. The summed E-state index contributed by atoms with van der Waals surface area (Å²) in [6.07, 6.45) is 2.03. The zero-order valence-corrected chi connectivity index (χ0v) is 12.5. The SMILES string of the molecule is CCC[C@H](C#N)NC(=O)c1[nH]c(C)c(C(C)=O)c1CC. The second-order valence-corrected chi connectivity index (χ2v) is 4.83. The van der Waals surface area contributed by atoms with E-state index in [1.165, 1.54) is 6.92 Å². The predicted octanol–water partition coefficient (Wildman–Crippen LogP) is 2.51. The van der Waals surface area contributed by atoms with Crippen LogP contribution in [-0.4, -0.2) is 22.7 Å². The number of rotatable bonds is 6. The number of nitrogens with one attached hydrogen (secondary N) is 2. The number of carbonyl (C=O) groups is 2. The normalized spacial score (nSPS) is 11.8. The lowest BCUT2D eigenvalue weighted by molar-refractivity contribution is 0.0938. The van der Waals surface area contributed by atoms with E-state index in [1.807, 2.05) is 13.8 Å². The van der Waals surface area contributed by atoms with E-state index in [2.05, 4.69) is 16.4 Å². The van der Waals surface area contributed by atoms with Crippen molar-refractivity contribution in [1.82, 2.24) is 10.3 Å². The molecule has 0 spiro atoms. The van der Waals surface area contributed by atoms with Gasteiger partial charge in [0.15, 0.2) is 5.78 Å². The second-order valence-electron chi connectivity index (χ2n) is 4.83. The summed E-state index contributed by atoms with van der Waals surface area (Å²) < 4.78 is 0.